The summed E-state index contributed by atoms with van der Waals surface area (Å²) in [6.45, 7) is 7.59. The van der Waals surface area contributed by atoms with Gasteiger partial charge < -0.3 is 10.6 Å². The quantitative estimate of drug-likeness (QED) is 0.691. The standard InChI is InChI=1S/C21H24N4/c1-15-4-8-18(9-5-15)13-22-20-12-21(25-17(3)24-20)23-14-19-10-6-16(2)7-11-19/h4-12H,13-14H2,1-3H3,(H2,22,23,24,25). The van der Waals surface area contributed by atoms with E-state index in [-0.39, 0.29) is 0 Å². The van der Waals surface area contributed by atoms with Crippen molar-refractivity contribution in [3.8, 4) is 0 Å². The maximum atomic E-state index is 4.47. The molecule has 4 nitrogen and oxygen atoms in total. The van der Waals surface area contributed by atoms with Crippen LogP contribution in [-0.4, -0.2) is 9.97 Å². The van der Waals surface area contributed by atoms with Gasteiger partial charge >= 0.3 is 0 Å². The van der Waals surface area contributed by atoms with Crippen molar-refractivity contribution in [3.63, 3.8) is 0 Å². The SMILES string of the molecule is Cc1ccc(CNc2cc(NCc3ccc(C)cc3)nc(C)n2)cc1. The first-order valence-electron chi connectivity index (χ1n) is 8.53. The predicted molar refractivity (Wildman–Crippen MR) is 104 cm³/mol. The molecule has 0 saturated carbocycles. The molecule has 0 aliphatic carbocycles. The lowest BCUT2D eigenvalue weighted by Gasteiger charge is -2.11. The largest absolute Gasteiger partial charge is 0.366 e. The second-order valence-corrected chi connectivity index (χ2v) is 6.36. The van der Waals surface area contributed by atoms with Gasteiger partial charge in [-0.05, 0) is 31.9 Å². The van der Waals surface area contributed by atoms with Crippen LogP contribution < -0.4 is 10.6 Å². The van der Waals surface area contributed by atoms with Gasteiger partial charge in [0.05, 0.1) is 0 Å². The highest BCUT2D eigenvalue weighted by atomic mass is 15.1. The molecule has 128 valence electrons. The molecule has 0 bridgehead atoms. The minimum Gasteiger partial charge on any atom is -0.366 e. The zero-order valence-electron chi connectivity index (χ0n) is 15.0. The van der Waals surface area contributed by atoms with E-state index in [1.54, 1.807) is 0 Å². The van der Waals surface area contributed by atoms with Crippen LogP contribution in [0.15, 0.2) is 54.6 Å². The Morgan fingerprint density at radius 2 is 1.04 bits per heavy atom. The molecule has 1 aromatic heterocycles. The van der Waals surface area contributed by atoms with Crippen molar-refractivity contribution in [3.05, 3.63) is 82.7 Å². The van der Waals surface area contributed by atoms with Gasteiger partial charge in [0.25, 0.3) is 0 Å². The van der Waals surface area contributed by atoms with Gasteiger partial charge in [-0.1, -0.05) is 59.7 Å². The van der Waals surface area contributed by atoms with Crippen molar-refractivity contribution in [2.24, 2.45) is 0 Å². The first kappa shape index (κ1) is 17.0. The van der Waals surface area contributed by atoms with Crippen molar-refractivity contribution in [2.75, 3.05) is 10.6 Å². The molecule has 2 N–H and O–H groups in total. The van der Waals surface area contributed by atoms with Crippen molar-refractivity contribution in [1.82, 2.24) is 9.97 Å². The van der Waals surface area contributed by atoms with Gasteiger partial charge in [0.1, 0.15) is 17.5 Å². The Kier molecular flexibility index (Phi) is 5.29. The summed E-state index contributed by atoms with van der Waals surface area (Å²) in [4.78, 5) is 8.94. The molecular weight excluding hydrogens is 308 g/mol. The van der Waals surface area contributed by atoms with Crippen LogP contribution in [0.4, 0.5) is 11.6 Å². The summed E-state index contributed by atoms with van der Waals surface area (Å²) in [5, 5.41) is 6.75. The van der Waals surface area contributed by atoms with E-state index >= 15 is 0 Å². The number of hydrogen-bond acceptors (Lipinski definition) is 4. The summed E-state index contributed by atoms with van der Waals surface area (Å²) in [5.74, 6) is 2.42. The second-order valence-electron chi connectivity index (χ2n) is 6.36. The van der Waals surface area contributed by atoms with Crippen LogP contribution in [0.5, 0.6) is 0 Å². The molecule has 0 fully saturated rings. The molecule has 0 aliphatic rings. The van der Waals surface area contributed by atoms with Crippen LogP contribution in [0.25, 0.3) is 0 Å². The number of anilines is 2. The number of aryl methyl sites for hydroxylation is 3. The van der Waals surface area contributed by atoms with Gasteiger partial charge in [-0.3, -0.25) is 0 Å². The topological polar surface area (TPSA) is 49.8 Å². The summed E-state index contributed by atoms with van der Waals surface area (Å²) < 4.78 is 0. The molecule has 0 amide bonds. The van der Waals surface area contributed by atoms with Gasteiger partial charge in [-0.2, -0.15) is 0 Å². The molecule has 1 heterocycles. The van der Waals surface area contributed by atoms with Crippen LogP contribution >= 0.6 is 0 Å². The van der Waals surface area contributed by atoms with Gasteiger partial charge in [0, 0.05) is 19.2 Å². The average Bonchev–Trinajstić information content (AvgIpc) is 2.60. The van der Waals surface area contributed by atoms with Crippen molar-refractivity contribution in [2.45, 2.75) is 33.9 Å². The van der Waals surface area contributed by atoms with Crippen LogP contribution in [0.1, 0.15) is 28.1 Å². The van der Waals surface area contributed by atoms with Gasteiger partial charge in [0.2, 0.25) is 0 Å². The van der Waals surface area contributed by atoms with Crippen molar-refractivity contribution < 1.29 is 0 Å². The monoisotopic (exact) mass is 332 g/mol. The average molecular weight is 332 g/mol. The van der Waals surface area contributed by atoms with E-state index in [4.69, 9.17) is 0 Å². The number of nitrogens with zero attached hydrogens (tertiary/aromatic N) is 2. The number of hydrogen-bond donors (Lipinski definition) is 2. The Bertz CT molecular complexity index is 756. The van der Waals surface area contributed by atoms with Crippen molar-refractivity contribution in [1.29, 1.82) is 0 Å². The molecule has 25 heavy (non-hydrogen) atoms. The molecule has 2 aromatic carbocycles. The third-order valence-electron chi connectivity index (χ3n) is 4.03. The molecule has 3 aromatic rings. The van der Waals surface area contributed by atoms with Gasteiger partial charge in [-0.15, -0.1) is 0 Å². The minimum atomic E-state index is 0.744. The smallest absolute Gasteiger partial charge is 0.132 e. The van der Waals surface area contributed by atoms with Crippen LogP contribution in [0.3, 0.4) is 0 Å². The molecule has 0 spiro atoms. The molecule has 0 atom stereocenters. The molecule has 0 unspecified atom stereocenters. The van der Waals surface area contributed by atoms with E-state index in [1.165, 1.54) is 22.3 Å². The summed E-state index contributed by atoms with van der Waals surface area (Å²) in [6, 6.07) is 19.0. The Hall–Kier alpha value is -2.88. The molecule has 4 heteroatoms. The van der Waals surface area contributed by atoms with Gasteiger partial charge in [0.15, 0.2) is 0 Å². The number of nitrogens with one attached hydrogen (secondary N) is 2. The third kappa shape index (κ3) is 5.05. The lowest BCUT2D eigenvalue weighted by Crippen LogP contribution is -2.07. The van der Waals surface area contributed by atoms with Crippen LogP contribution in [-0.2, 0) is 13.1 Å². The highest BCUT2D eigenvalue weighted by Crippen LogP contribution is 2.14. The molecule has 3 rings (SSSR count). The lowest BCUT2D eigenvalue weighted by molar-refractivity contribution is 1.00. The summed E-state index contributed by atoms with van der Waals surface area (Å²) in [5.41, 5.74) is 5.00. The van der Waals surface area contributed by atoms with Crippen molar-refractivity contribution >= 4 is 11.6 Å². The highest BCUT2D eigenvalue weighted by molar-refractivity contribution is 5.48. The second kappa shape index (κ2) is 7.79. The molecule has 0 aliphatic heterocycles. The Morgan fingerprint density at radius 3 is 1.44 bits per heavy atom. The fourth-order valence-electron chi connectivity index (χ4n) is 2.55. The summed E-state index contributed by atoms with van der Waals surface area (Å²) in [7, 11) is 0. The molecular formula is C21H24N4. The zero-order valence-corrected chi connectivity index (χ0v) is 15.0. The van der Waals surface area contributed by atoms with E-state index in [9.17, 15) is 0 Å². The maximum Gasteiger partial charge on any atom is 0.132 e. The first-order chi connectivity index (χ1) is 12.1. The zero-order chi connectivity index (χ0) is 17.6. The lowest BCUT2D eigenvalue weighted by atomic mass is 10.1. The number of benzene rings is 2. The van der Waals surface area contributed by atoms with Crippen LogP contribution in [0.2, 0.25) is 0 Å². The fraction of sp³-hybridized carbons (Fsp3) is 0.238. The first-order valence-corrected chi connectivity index (χ1v) is 8.53. The van der Waals surface area contributed by atoms with E-state index in [1.807, 2.05) is 13.0 Å². The summed E-state index contributed by atoms with van der Waals surface area (Å²) in [6.07, 6.45) is 0. The normalized spacial score (nSPS) is 10.5. The predicted octanol–water partition coefficient (Wildman–Crippen LogP) is 4.63. The Balaban J connectivity index is 1.63. The van der Waals surface area contributed by atoms with E-state index in [0.717, 1.165) is 30.5 Å². The number of aromatic nitrogens is 2. The molecule has 0 radical (unpaired) electrons. The molecule has 0 saturated heterocycles. The highest BCUT2D eigenvalue weighted by Gasteiger charge is 2.03. The van der Waals surface area contributed by atoms with Crippen LogP contribution in [0, 0.1) is 20.8 Å². The Labute approximate surface area is 149 Å². The third-order valence-corrected chi connectivity index (χ3v) is 4.03. The Morgan fingerprint density at radius 1 is 0.640 bits per heavy atom. The van der Waals surface area contributed by atoms with Gasteiger partial charge in [-0.25, -0.2) is 9.97 Å². The fourth-order valence-corrected chi connectivity index (χ4v) is 2.55. The van der Waals surface area contributed by atoms with E-state index in [0.29, 0.717) is 0 Å². The van der Waals surface area contributed by atoms with E-state index < -0.39 is 0 Å². The maximum absolute atomic E-state index is 4.47. The van der Waals surface area contributed by atoms with E-state index in [2.05, 4.69) is 83.0 Å². The number of rotatable bonds is 6. The summed E-state index contributed by atoms with van der Waals surface area (Å²) >= 11 is 0. The minimum absolute atomic E-state index is 0.744.